The molecule has 0 saturated carbocycles. The zero-order chi connectivity index (χ0) is 17.4. The van der Waals surface area contributed by atoms with E-state index in [1.165, 1.54) is 5.56 Å². The highest BCUT2D eigenvalue weighted by Crippen LogP contribution is 2.11. The van der Waals surface area contributed by atoms with Crippen molar-refractivity contribution in [3.05, 3.63) is 35.9 Å². The van der Waals surface area contributed by atoms with Crippen LogP contribution in [0.15, 0.2) is 30.3 Å². The Balaban J connectivity index is 1.67. The molecule has 1 fully saturated rings. The largest absolute Gasteiger partial charge is 0.450 e. The average molecular weight is 334 g/mol. The van der Waals surface area contributed by atoms with E-state index in [0.29, 0.717) is 26.2 Å². The van der Waals surface area contributed by atoms with Gasteiger partial charge in [0.05, 0.1) is 6.61 Å². The van der Waals surface area contributed by atoms with Crippen molar-refractivity contribution in [1.82, 2.24) is 10.2 Å². The normalized spacial score (nSPS) is 16.5. The van der Waals surface area contributed by atoms with E-state index in [2.05, 4.69) is 24.4 Å². The first-order valence-corrected chi connectivity index (χ1v) is 8.69. The lowest BCUT2D eigenvalue weighted by molar-refractivity contribution is -0.682. The Kier molecular flexibility index (Phi) is 7.06. The van der Waals surface area contributed by atoms with Crippen LogP contribution in [0, 0.1) is 0 Å². The molecule has 1 saturated heterocycles. The first kappa shape index (κ1) is 18.3. The fourth-order valence-corrected chi connectivity index (χ4v) is 2.88. The fourth-order valence-electron chi connectivity index (χ4n) is 2.88. The van der Waals surface area contributed by atoms with Crippen LogP contribution in [0.25, 0.3) is 0 Å². The molecule has 6 heteroatoms. The number of rotatable bonds is 6. The second-order valence-electron chi connectivity index (χ2n) is 6.17. The molecule has 3 N–H and O–H groups in total. The van der Waals surface area contributed by atoms with Crippen LogP contribution in [0.3, 0.4) is 0 Å². The molecule has 6 nitrogen and oxygen atoms in total. The Morgan fingerprint density at radius 3 is 2.58 bits per heavy atom. The van der Waals surface area contributed by atoms with Crippen molar-refractivity contribution in [3.8, 4) is 0 Å². The number of benzene rings is 1. The predicted molar refractivity (Wildman–Crippen MR) is 91.4 cm³/mol. The molecular weight excluding hydrogens is 306 g/mol. The second-order valence-corrected chi connectivity index (χ2v) is 6.17. The van der Waals surface area contributed by atoms with Crippen molar-refractivity contribution in [2.45, 2.75) is 38.8 Å². The molecule has 1 aromatic carbocycles. The van der Waals surface area contributed by atoms with Gasteiger partial charge in [0, 0.05) is 24.7 Å². The van der Waals surface area contributed by atoms with Crippen LogP contribution >= 0.6 is 0 Å². The number of likely N-dealkylation sites (tertiary alicyclic amines) is 1. The van der Waals surface area contributed by atoms with Gasteiger partial charge < -0.3 is 20.3 Å². The highest BCUT2D eigenvalue weighted by atomic mass is 16.6. The molecule has 0 aromatic heterocycles. The number of piperidine rings is 1. The number of carbonyl (C=O) groups excluding carboxylic acids is 2. The summed E-state index contributed by atoms with van der Waals surface area (Å²) in [6.45, 7) is 5.97. The summed E-state index contributed by atoms with van der Waals surface area (Å²) in [5.74, 6) is 0.0485. The summed E-state index contributed by atoms with van der Waals surface area (Å²) < 4.78 is 5.00. The minimum atomic E-state index is -0.257. The topological polar surface area (TPSA) is 75.2 Å². The van der Waals surface area contributed by atoms with Gasteiger partial charge in [-0.2, -0.15) is 0 Å². The van der Waals surface area contributed by atoms with Crippen LogP contribution in [0.2, 0.25) is 0 Å². The lowest BCUT2D eigenvalue weighted by Crippen LogP contribution is -2.87. The van der Waals surface area contributed by atoms with E-state index in [1.54, 1.807) is 11.8 Å². The van der Waals surface area contributed by atoms with Crippen LogP contribution in [0.5, 0.6) is 0 Å². The summed E-state index contributed by atoms with van der Waals surface area (Å²) in [6.07, 6.45) is 1.30. The zero-order valence-electron chi connectivity index (χ0n) is 14.5. The number of nitrogens with two attached hydrogens (primary N) is 1. The summed E-state index contributed by atoms with van der Waals surface area (Å²) in [7, 11) is 0. The molecular formula is C18H28N3O3+. The van der Waals surface area contributed by atoms with Crippen molar-refractivity contribution in [3.63, 3.8) is 0 Å². The maximum absolute atomic E-state index is 12.1. The SMILES string of the molecule is CCOC(=O)N1CCC(NC(=O)C[NH2+][C@@H](C)c2ccccc2)CC1. The molecule has 0 bridgehead atoms. The van der Waals surface area contributed by atoms with E-state index < -0.39 is 0 Å². The van der Waals surface area contributed by atoms with E-state index >= 15 is 0 Å². The molecule has 1 aliphatic heterocycles. The fraction of sp³-hybridized carbons (Fsp3) is 0.556. The standard InChI is InChI=1S/C18H27N3O3/c1-3-24-18(23)21-11-9-16(10-12-21)20-17(22)13-19-14(2)15-7-5-4-6-8-15/h4-8,14,16,19H,3,9-13H2,1-2H3,(H,20,22)/p+1/t14-/m0/s1. The van der Waals surface area contributed by atoms with Gasteiger partial charge in [-0.05, 0) is 26.7 Å². The van der Waals surface area contributed by atoms with Crippen LogP contribution in [0.4, 0.5) is 4.79 Å². The molecule has 1 aliphatic rings. The van der Waals surface area contributed by atoms with E-state index in [1.807, 2.05) is 23.5 Å². The maximum Gasteiger partial charge on any atom is 0.409 e. The van der Waals surface area contributed by atoms with Gasteiger partial charge in [-0.25, -0.2) is 4.79 Å². The molecule has 24 heavy (non-hydrogen) atoms. The van der Waals surface area contributed by atoms with E-state index in [9.17, 15) is 9.59 Å². The zero-order valence-corrected chi connectivity index (χ0v) is 14.5. The number of ether oxygens (including phenoxy) is 1. The van der Waals surface area contributed by atoms with Crippen LogP contribution in [-0.4, -0.2) is 49.2 Å². The molecule has 132 valence electrons. The van der Waals surface area contributed by atoms with Crippen LogP contribution in [0.1, 0.15) is 38.3 Å². The highest BCUT2D eigenvalue weighted by molar-refractivity contribution is 5.77. The summed E-state index contributed by atoms with van der Waals surface area (Å²) in [6, 6.07) is 10.6. The number of nitrogens with zero attached hydrogens (tertiary/aromatic N) is 1. The molecule has 2 amide bonds. The molecule has 2 rings (SSSR count). The Morgan fingerprint density at radius 2 is 1.96 bits per heavy atom. The van der Waals surface area contributed by atoms with Gasteiger partial charge in [-0.1, -0.05) is 30.3 Å². The molecule has 1 heterocycles. The van der Waals surface area contributed by atoms with Gasteiger partial charge in [0.2, 0.25) is 0 Å². The van der Waals surface area contributed by atoms with Crippen molar-refractivity contribution in [1.29, 1.82) is 0 Å². The van der Waals surface area contributed by atoms with Gasteiger partial charge in [-0.15, -0.1) is 0 Å². The highest BCUT2D eigenvalue weighted by Gasteiger charge is 2.24. The number of nitrogens with one attached hydrogen (secondary N) is 1. The van der Waals surface area contributed by atoms with Gasteiger partial charge in [0.1, 0.15) is 6.04 Å². The van der Waals surface area contributed by atoms with E-state index in [4.69, 9.17) is 4.74 Å². The van der Waals surface area contributed by atoms with Gasteiger partial charge in [0.25, 0.3) is 5.91 Å². The smallest absolute Gasteiger partial charge is 0.409 e. The van der Waals surface area contributed by atoms with Crippen LogP contribution < -0.4 is 10.6 Å². The third kappa shape index (κ3) is 5.53. The Labute approximate surface area is 143 Å². The number of hydrogen-bond donors (Lipinski definition) is 2. The minimum absolute atomic E-state index is 0.0485. The maximum atomic E-state index is 12.1. The Hall–Kier alpha value is -2.08. The van der Waals surface area contributed by atoms with Crippen molar-refractivity contribution >= 4 is 12.0 Å². The third-order valence-electron chi connectivity index (χ3n) is 4.37. The van der Waals surface area contributed by atoms with Gasteiger partial charge >= 0.3 is 6.09 Å². The minimum Gasteiger partial charge on any atom is -0.450 e. The monoisotopic (exact) mass is 334 g/mol. The quantitative estimate of drug-likeness (QED) is 0.816. The molecule has 0 spiro atoms. The van der Waals surface area contributed by atoms with E-state index in [-0.39, 0.29) is 24.1 Å². The summed E-state index contributed by atoms with van der Waals surface area (Å²) in [4.78, 5) is 25.5. The van der Waals surface area contributed by atoms with E-state index in [0.717, 1.165) is 12.8 Å². The first-order chi connectivity index (χ1) is 11.6. The molecule has 0 aliphatic carbocycles. The first-order valence-electron chi connectivity index (χ1n) is 8.69. The number of carbonyl (C=O) groups is 2. The predicted octanol–water partition coefficient (Wildman–Crippen LogP) is 1.05. The molecule has 1 aromatic rings. The number of amides is 2. The summed E-state index contributed by atoms with van der Waals surface area (Å²) >= 11 is 0. The lowest BCUT2D eigenvalue weighted by Gasteiger charge is -2.31. The number of quaternary nitrogens is 1. The van der Waals surface area contributed by atoms with Crippen molar-refractivity contribution in [2.24, 2.45) is 0 Å². The molecule has 0 unspecified atom stereocenters. The van der Waals surface area contributed by atoms with Crippen molar-refractivity contribution < 1.29 is 19.6 Å². The lowest BCUT2D eigenvalue weighted by atomic mass is 10.1. The summed E-state index contributed by atoms with van der Waals surface area (Å²) in [5, 5.41) is 5.11. The van der Waals surface area contributed by atoms with Crippen molar-refractivity contribution in [2.75, 3.05) is 26.2 Å². The third-order valence-corrected chi connectivity index (χ3v) is 4.37. The average Bonchev–Trinajstić information content (AvgIpc) is 2.61. The van der Waals surface area contributed by atoms with Gasteiger partial charge in [-0.3, -0.25) is 4.79 Å². The molecule has 1 atom stereocenters. The summed E-state index contributed by atoms with van der Waals surface area (Å²) in [5.41, 5.74) is 1.22. The Bertz CT molecular complexity index is 528. The Morgan fingerprint density at radius 1 is 1.29 bits per heavy atom. The number of hydrogen-bond acceptors (Lipinski definition) is 3. The second kappa shape index (κ2) is 9.27. The molecule has 0 radical (unpaired) electrons. The van der Waals surface area contributed by atoms with Gasteiger partial charge in [0.15, 0.2) is 6.54 Å². The van der Waals surface area contributed by atoms with Crippen LogP contribution in [-0.2, 0) is 9.53 Å².